The number of amides is 1. The minimum absolute atomic E-state index is 0.0684. The van der Waals surface area contributed by atoms with Gasteiger partial charge in [0.15, 0.2) is 0 Å². The lowest BCUT2D eigenvalue weighted by atomic mass is 10.2. The first-order valence-electron chi connectivity index (χ1n) is 4.07. The van der Waals surface area contributed by atoms with E-state index < -0.39 is 24.5 Å². The minimum atomic E-state index is -4.15. The van der Waals surface area contributed by atoms with E-state index in [1.165, 1.54) is 0 Å². The van der Waals surface area contributed by atoms with Crippen molar-refractivity contribution in [3.63, 3.8) is 0 Å². The molecule has 3 N–H and O–H groups in total. The monoisotopic (exact) mass is 230 g/mol. The molecule has 0 bridgehead atoms. The SMILES string of the molecule is NC(=O)[C@@H](CS)NCCCC(F)(F)F. The van der Waals surface area contributed by atoms with Crippen LogP contribution < -0.4 is 11.1 Å². The van der Waals surface area contributed by atoms with Crippen molar-refractivity contribution in [2.45, 2.75) is 25.1 Å². The van der Waals surface area contributed by atoms with Crippen molar-refractivity contribution in [1.82, 2.24) is 5.32 Å². The summed E-state index contributed by atoms with van der Waals surface area (Å²) in [4.78, 5) is 10.6. The van der Waals surface area contributed by atoms with Crippen molar-refractivity contribution in [1.29, 1.82) is 0 Å². The summed E-state index contributed by atoms with van der Waals surface area (Å²) in [5.41, 5.74) is 4.94. The highest BCUT2D eigenvalue weighted by atomic mass is 32.1. The molecular formula is C7H13F3N2OS. The third-order valence-corrected chi connectivity index (χ3v) is 1.92. The molecule has 0 spiro atoms. The zero-order valence-electron chi connectivity index (χ0n) is 7.47. The number of nitrogens with two attached hydrogens (primary N) is 1. The number of hydrogen-bond donors (Lipinski definition) is 3. The van der Waals surface area contributed by atoms with E-state index in [2.05, 4.69) is 17.9 Å². The fraction of sp³-hybridized carbons (Fsp3) is 0.857. The molecule has 1 atom stereocenters. The third-order valence-electron chi connectivity index (χ3n) is 1.55. The Morgan fingerprint density at radius 2 is 2.07 bits per heavy atom. The van der Waals surface area contributed by atoms with Crippen molar-refractivity contribution < 1.29 is 18.0 Å². The number of rotatable bonds is 6. The van der Waals surface area contributed by atoms with Crippen molar-refractivity contribution in [3.05, 3.63) is 0 Å². The van der Waals surface area contributed by atoms with E-state index in [0.717, 1.165) is 0 Å². The number of hydrogen-bond acceptors (Lipinski definition) is 3. The molecule has 0 unspecified atom stereocenters. The van der Waals surface area contributed by atoms with Crippen LogP contribution in [-0.4, -0.2) is 30.4 Å². The summed E-state index contributed by atoms with van der Waals surface area (Å²) in [6, 6.07) is -0.661. The number of nitrogens with one attached hydrogen (secondary N) is 1. The molecule has 0 aromatic heterocycles. The maximum atomic E-state index is 11.7. The van der Waals surface area contributed by atoms with Crippen LogP contribution in [0.15, 0.2) is 0 Å². The minimum Gasteiger partial charge on any atom is -0.368 e. The number of halogens is 3. The van der Waals surface area contributed by atoms with Crippen molar-refractivity contribution in [2.75, 3.05) is 12.3 Å². The van der Waals surface area contributed by atoms with Gasteiger partial charge in [-0.1, -0.05) is 0 Å². The molecule has 0 aromatic carbocycles. The van der Waals surface area contributed by atoms with Gasteiger partial charge in [0.25, 0.3) is 0 Å². The zero-order valence-corrected chi connectivity index (χ0v) is 8.37. The molecule has 0 aliphatic rings. The first-order valence-corrected chi connectivity index (χ1v) is 4.70. The third kappa shape index (κ3) is 7.02. The Morgan fingerprint density at radius 3 is 2.43 bits per heavy atom. The van der Waals surface area contributed by atoms with Crippen LogP contribution in [0, 0.1) is 0 Å². The van der Waals surface area contributed by atoms with E-state index in [4.69, 9.17) is 5.73 Å². The number of primary amides is 1. The molecule has 1 amide bonds. The van der Waals surface area contributed by atoms with Crippen LogP contribution in [0.1, 0.15) is 12.8 Å². The molecular weight excluding hydrogens is 217 g/mol. The fourth-order valence-corrected chi connectivity index (χ4v) is 1.13. The smallest absolute Gasteiger partial charge is 0.368 e. The summed E-state index contributed by atoms with van der Waals surface area (Å²) in [7, 11) is 0. The van der Waals surface area contributed by atoms with Gasteiger partial charge in [0.2, 0.25) is 5.91 Å². The average Bonchev–Trinajstić information content (AvgIpc) is 2.01. The predicted molar refractivity (Wildman–Crippen MR) is 50.1 cm³/mol. The first-order chi connectivity index (χ1) is 6.37. The van der Waals surface area contributed by atoms with Crippen molar-refractivity contribution in [2.24, 2.45) is 5.73 Å². The molecule has 3 nitrogen and oxygen atoms in total. The Hall–Kier alpha value is -0.430. The van der Waals surface area contributed by atoms with Gasteiger partial charge in [-0.25, -0.2) is 0 Å². The van der Waals surface area contributed by atoms with Gasteiger partial charge in [-0.3, -0.25) is 4.79 Å². The average molecular weight is 230 g/mol. The molecule has 0 rings (SSSR count). The van der Waals surface area contributed by atoms with Crippen LogP contribution in [0.3, 0.4) is 0 Å². The van der Waals surface area contributed by atoms with Gasteiger partial charge in [-0.2, -0.15) is 25.8 Å². The maximum absolute atomic E-state index is 11.7. The van der Waals surface area contributed by atoms with Gasteiger partial charge in [-0.15, -0.1) is 0 Å². The Kier molecular flexibility index (Phi) is 5.94. The van der Waals surface area contributed by atoms with Gasteiger partial charge in [0, 0.05) is 12.2 Å². The van der Waals surface area contributed by atoms with Crippen LogP contribution in [0.4, 0.5) is 13.2 Å². The second kappa shape index (κ2) is 6.13. The van der Waals surface area contributed by atoms with E-state index in [1.54, 1.807) is 0 Å². The molecule has 0 radical (unpaired) electrons. The Balaban J connectivity index is 3.58. The summed E-state index contributed by atoms with van der Waals surface area (Å²) in [6.45, 7) is 0.105. The van der Waals surface area contributed by atoms with Gasteiger partial charge in [-0.05, 0) is 13.0 Å². The van der Waals surface area contributed by atoms with Gasteiger partial charge < -0.3 is 11.1 Å². The lowest BCUT2D eigenvalue weighted by molar-refractivity contribution is -0.135. The molecule has 7 heteroatoms. The molecule has 0 aliphatic heterocycles. The number of carbonyl (C=O) groups excluding carboxylic acids is 1. The van der Waals surface area contributed by atoms with E-state index >= 15 is 0 Å². The normalized spacial score (nSPS) is 14.0. The van der Waals surface area contributed by atoms with Gasteiger partial charge >= 0.3 is 6.18 Å². The molecule has 0 fully saturated rings. The standard InChI is InChI=1S/C7H13F3N2OS/c8-7(9,10)2-1-3-12-5(4-14)6(11)13/h5,12,14H,1-4H2,(H2,11,13)/t5-/m1/s1. The summed E-state index contributed by atoms with van der Waals surface area (Å²) < 4.78 is 35.1. The van der Waals surface area contributed by atoms with E-state index in [-0.39, 0.29) is 18.7 Å². The first kappa shape index (κ1) is 13.6. The van der Waals surface area contributed by atoms with Crippen LogP contribution in [0.2, 0.25) is 0 Å². The highest BCUT2D eigenvalue weighted by Crippen LogP contribution is 2.20. The lowest BCUT2D eigenvalue weighted by Gasteiger charge is -2.12. The summed E-state index contributed by atoms with van der Waals surface area (Å²) in [5.74, 6) is -0.423. The Morgan fingerprint density at radius 1 is 1.50 bits per heavy atom. The molecule has 0 aromatic rings. The van der Waals surface area contributed by atoms with Crippen LogP contribution in [-0.2, 0) is 4.79 Å². The number of alkyl halides is 3. The predicted octanol–water partition coefficient (Wildman–Crippen LogP) is 0.702. The maximum Gasteiger partial charge on any atom is 0.389 e. The topological polar surface area (TPSA) is 55.1 Å². The quantitative estimate of drug-likeness (QED) is 0.465. The highest BCUT2D eigenvalue weighted by molar-refractivity contribution is 7.80. The summed E-state index contributed by atoms with van der Waals surface area (Å²) in [6.07, 6.45) is -5.08. The van der Waals surface area contributed by atoms with Crippen LogP contribution in [0.5, 0.6) is 0 Å². The number of carbonyl (C=O) groups is 1. The van der Waals surface area contributed by atoms with Crippen molar-refractivity contribution >= 4 is 18.5 Å². The molecule has 0 heterocycles. The van der Waals surface area contributed by atoms with E-state index in [9.17, 15) is 18.0 Å². The van der Waals surface area contributed by atoms with Gasteiger partial charge in [0.05, 0.1) is 6.04 Å². The van der Waals surface area contributed by atoms with E-state index in [1.807, 2.05) is 0 Å². The Bertz CT molecular complexity index is 186. The molecule has 14 heavy (non-hydrogen) atoms. The Labute approximate surface area is 85.6 Å². The second-order valence-corrected chi connectivity index (χ2v) is 3.18. The van der Waals surface area contributed by atoms with Crippen molar-refractivity contribution in [3.8, 4) is 0 Å². The molecule has 0 saturated heterocycles. The molecule has 84 valence electrons. The fourth-order valence-electron chi connectivity index (χ4n) is 0.820. The molecule has 0 aliphatic carbocycles. The number of thiol groups is 1. The molecule has 0 saturated carbocycles. The van der Waals surface area contributed by atoms with Gasteiger partial charge in [0.1, 0.15) is 0 Å². The lowest BCUT2D eigenvalue weighted by Crippen LogP contribution is -2.43. The second-order valence-electron chi connectivity index (χ2n) is 2.81. The summed E-state index contributed by atoms with van der Waals surface area (Å²) in [5, 5.41) is 2.59. The summed E-state index contributed by atoms with van der Waals surface area (Å²) >= 11 is 3.83. The largest absolute Gasteiger partial charge is 0.389 e. The van der Waals surface area contributed by atoms with E-state index in [0.29, 0.717) is 0 Å². The van der Waals surface area contributed by atoms with Crippen LogP contribution >= 0.6 is 12.6 Å². The highest BCUT2D eigenvalue weighted by Gasteiger charge is 2.26. The zero-order chi connectivity index (χ0) is 11.2. The van der Waals surface area contributed by atoms with Crippen LogP contribution in [0.25, 0.3) is 0 Å².